The van der Waals surface area contributed by atoms with Crippen molar-refractivity contribution in [3.05, 3.63) is 18.0 Å². The Kier molecular flexibility index (Phi) is 8.00. The summed E-state index contributed by atoms with van der Waals surface area (Å²) in [6, 6.07) is 0. The average molecular weight is 491 g/mol. The van der Waals surface area contributed by atoms with E-state index >= 15 is 0 Å². The highest BCUT2D eigenvalue weighted by Crippen LogP contribution is 2.19. The molecule has 1 aliphatic rings. The van der Waals surface area contributed by atoms with Crippen molar-refractivity contribution < 1.29 is 0 Å². The average Bonchev–Trinajstić information content (AvgIpc) is 3.28. The van der Waals surface area contributed by atoms with E-state index in [0.29, 0.717) is 6.54 Å². The van der Waals surface area contributed by atoms with Crippen LogP contribution in [0.3, 0.4) is 0 Å². The molecule has 0 spiro atoms. The fourth-order valence-corrected chi connectivity index (χ4v) is 3.46. The summed E-state index contributed by atoms with van der Waals surface area (Å²) < 4.78 is 6.14. The molecule has 0 aliphatic carbocycles. The van der Waals surface area contributed by atoms with Gasteiger partial charge in [-0.2, -0.15) is 9.47 Å². The van der Waals surface area contributed by atoms with Crippen LogP contribution in [-0.4, -0.2) is 67.7 Å². The van der Waals surface area contributed by atoms with Gasteiger partial charge in [-0.1, -0.05) is 6.92 Å². The van der Waals surface area contributed by atoms with Gasteiger partial charge in [0.1, 0.15) is 24.5 Å². The van der Waals surface area contributed by atoms with E-state index in [9.17, 15) is 0 Å². The van der Waals surface area contributed by atoms with Crippen molar-refractivity contribution in [3.8, 4) is 0 Å². The highest BCUT2D eigenvalue weighted by molar-refractivity contribution is 14.0. The lowest BCUT2D eigenvalue weighted by molar-refractivity contribution is 0.372. The fraction of sp³-hybridized carbons (Fsp3) is 0.667. The highest BCUT2D eigenvalue weighted by atomic mass is 127. The molecule has 1 fully saturated rings. The number of guanidine groups is 1. The van der Waals surface area contributed by atoms with Gasteiger partial charge in [0.15, 0.2) is 5.96 Å². The van der Waals surface area contributed by atoms with Crippen LogP contribution in [0.4, 0.5) is 5.13 Å². The zero-order valence-electron chi connectivity index (χ0n) is 15.4. The van der Waals surface area contributed by atoms with Crippen LogP contribution in [0.5, 0.6) is 0 Å². The molecule has 9 nitrogen and oxygen atoms in total. The molecule has 2 aromatic heterocycles. The van der Waals surface area contributed by atoms with Crippen LogP contribution in [0.15, 0.2) is 11.3 Å². The first-order valence-corrected chi connectivity index (χ1v) is 9.42. The molecule has 0 aromatic carbocycles. The number of aliphatic imine (C=N–C) groups is 1. The molecule has 1 aliphatic heterocycles. The van der Waals surface area contributed by atoms with Crippen LogP contribution < -0.4 is 10.2 Å². The number of anilines is 1. The summed E-state index contributed by atoms with van der Waals surface area (Å²) in [5.41, 5.74) is 0. The van der Waals surface area contributed by atoms with Gasteiger partial charge in [0, 0.05) is 57.7 Å². The molecular formula is C15H26IN9S. The minimum atomic E-state index is 0. The van der Waals surface area contributed by atoms with Gasteiger partial charge in [0.25, 0.3) is 0 Å². The van der Waals surface area contributed by atoms with Gasteiger partial charge in [-0.15, -0.1) is 24.0 Å². The molecule has 0 radical (unpaired) electrons. The van der Waals surface area contributed by atoms with Crippen molar-refractivity contribution in [1.82, 2.24) is 34.3 Å². The topological polar surface area (TPSA) is 87.4 Å². The lowest BCUT2D eigenvalue weighted by atomic mass is 10.3. The van der Waals surface area contributed by atoms with Crippen LogP contribution in [0.1, 0.15) is 25.5 Å². The second-order valence-corrected chi connectivity index (χ2v) is 6.52. The summed E-state index contributed by atoms with van der Waals surface area (Å²) in [4.78, 5) is 18.1. The zero-order chi connectivity index (χ0) is 17.6. The molecule has 3 heterocycles. The quantitative estimate of drug-likeness (QED) is 0.381. The van der Waals surface area contributed by atoms with Crippen molar-refractivity contribution in [2.45, 2.75) is 26.8 Å². The summed E-state index contributed by atoms with van der Waals surface area (Å²) in [6.07, 6.45) is 2.44. The number of halogens is 1. The minimum Gasteiger partial charge on any atom is -0.357 e. The lowest BCUT2D eigenvalue weighted by Gasteiger charge is -2.36. The minimum absolute atomic E-state index is 0. The van der Waals surface area contributed by atoms with Crippen LogP contribution >= 0.6 is 35.5 Å². The van der Waals surface area contributed by atoms with Crippen LogP contribution in [0.2, 0.25) is 0 Å². The van der Waals surface area contributed by atoms with Gasteiger partial charge < -0.3 is 15.1 Å². The number of aryl methyl sites for hydroxylation is 2. The van der Waals surface area contributed by atoms with E-state index in [-0.39, 0.29) is 24.0 Å². The summed E-state index contributed by atoms with van der Waals surface area (Å²) >= 11 is 1.49. The first-order chi connectivity index (χ1) is 12.2. The third kappa shape index (κ3) is 5.02. The van der Waals surface area contributed by atoms with Crippen molar-refractivity contribution in [3.63, 3.8) is 0 Å². The summed E-state index contributed by atoms with van der Waals surface area (Å²) in [5, 5.41) is 8.49. The lowest BCUT2D eigenvalue weighted by Crippen LogP contribution is -2.52. The Bertz CT molecular complexity index is 706. The molecule has 0 atom stereocenters. The van der Waals surface area contributed by atoms with E-state index in [1.807, 2.05) is 7.05 Å². The van der Waals surface area contributed by atoms with Gasteiger partial charge >= 0.3 is 0 Å². The second kappa shape index (κ2) is 10.00. The fourth-order valence-electron chi connectivity index (χ4n) is 2.66. The molecule has 1 saturated heterocycles. The second-order valence-electron chi connectivity index (χ2n) is 5.79. The zero-order valence-corrected chi connectivity index (χ0v) is 18.6. The smallest absolute Gasteiger partial charge is 0.205 e. The normalized spacial score (nSPS) is 15.1. The third-order valence-electron chi connectivity index (χ3n) is 4.13. The van der Waals surface area contributed by atoms with Gasteiger partial charge in [-0.3, -0.25) is 4.68 Å². The molecule has 3 rings (SSSR count). The van der Waals surface area contributed by atoms with Crippen LogP contribution in [-0.2, 0) is 20.0 Å². The molecule has 0 saturated carbocycles. The van der Waals surface area contributed by atoms with Gasteiger partial charge in [-0.25, -0.2) is 15.0 Å². The number of nitrogens with one attached hydrogen (secondary N) is 1. The molecule has 0 bridgehead atoms. The third-order valence-corrected chi connectivity index (χ3v) is 4.95. The SMILES string of the molecule is CCNC(=NCc1ncnn1C)N1CCN(c2nc(CC)ns2)CC1.I. The van der Waals surface area contributed by atoms with Crippen LogP contribution in [0.25, 0.3) is 0 Å². The Labute approximate surface area is 175 Å². The van der Waals surface area contributed by atoms with Crippen molar-refractivity contribution in [2.24, 2.45) is 12.0 Å². The summed E-state index contributed by atoms with van der Waals surface area (Å²) in [6.45, 7) is 9.20. The van der Waals surface area contributed by atoms with Crippen molar-refractivity contribution >= 4 is 46.6 Å². The number of piperazine rings is 1. The standard InChI is InChI=1S/C15H25N9S.HI/c1-4-12-20-15(25-21-12)24-8-6-23(7-9-24)14(16-5-2)17-10-13-18-11-19-22(13)3;/h11H,4-10H2,1-3H3,(H,16,17);1H. The van der Waals surface area contributed by atoms with E-state index in [0.717, 1.165) is 61.9 Å². The van der Waals surface area contributed by atoms with E-state index in [1.54, 1.807) is 11.0 Å². The Morgan fingerprint density at radius 2 is 2.04 bits per heavy atom. The molecule has 1 N–H and O–H groups in total. The van der Waals surface area contributed by atoms with Gasteiger partial charge in [0.2, 0.25) is 5.13 Å². The maximum absolute atomic E-state index is 4.72. The first-order valence-electron chi connectivity index (χ1n) is 8.65. The largest absolute Gasteiger partial charge is 0.357 e. The summed E-state index contributed by atoms with van der Waals surface area (Å²) in [5.74, 6) is 2.72. The van der Waals surface area contributed by atoms with Crippen molar-refractivity contribution in [2.75, 3.05) is 37.6 Å². The van der Waals surface area contributed by atoms with Crippen molar-refractivity contribution in [1.29, 1.82) is 0 Å². The highest BCUT2D eigenvalue weighted by Gasteiger charge is 2.22. The van der Waals surface area contributed by atoms with Crippen LogP contribution in [0, 0.1) is 0 Å². The summed E-state index contributed by atoms with van der Waals surface area (Å²) in [7, 11) is 1.89. The predicted molar refractivity (Wildman–Crippen MR) is 114 cm³/mol. The molecule has 11 heteroatoms. The number of hydrogen-bond acceptors (Lipinski definition) is 7. The molecule has 144 valence electrons. The maximum Gasteiger partial charge on any atom is 0.205 e. The number of aromatic nitrogens is 5. The van der Waals surface area contributed by atoms with E-state index in [2.05, 4.69) is 48.4 Å². The number of rotatable bonds is 5. The Morgan fingerprint density at radius 1 is 1.27 bits per heavy atom. The maximum atomic E-state index is 4.72. The Hall–Kier alpha value is -1.50. The molecule has 0 amide bonds. The van der Waals surface area contributed by atoms with Gasteiger partial charge in [-0.05, 0) is 6.92 Å². The Morgan fingerprint density at radius 3 is 2.62 bits per heavy atom. The predicted octanol–water partition coefficient (Wildman–Crippen LogP) is 1.13. The molecular weight excluding hydrogens is 465 g/mol. The molecule has 0 unspecified atom stereocenters. The number of nitrogens with zero attached hydrogens (tertiary/aromatic N) is 8. The first kappa shape index (κ1) is 20.8. The Balaban J connectivity index is 0.00000243. The molecule has 2 aromatic rings. The van der Waals surface area contributed by atoms with E-state index < -0.39 is 0 Å². The monoisotopic (exact) mass is 491 g/mol. The van der Waals surface area contributed by atoms with Gasteiger partial charge in [0.05, 0.1) is 0 Å². The molecule has 26 heavy (non-hydrogen) atoms. The van der Waals surface area contributed by atoms with E-state index in [4.69, 9.17) is 4.99 Å². The number of hydrogen-bond donors (Lipinski definition) is 1. The van der Waals surface area contributed by atoms with E-state index in [1.165, 1.54) is 11.5 Å².